The van der Waals surface area contributed by atoms with Crippen LogP contribution in [0.3, 0.4) is 0 Å². The summed E-state index contributed by atoms with van der Waals surface area (Å²) in [5.74, 6) is -3.13. The molecule has 1 atom stereocenters. The normalized spacial score (nSPS) is 12.2. The number of hydrogen-bond donors (Lipinski definition) is 1. The van der Waals surface area contributed by atoms with Crippen molar-refractivity contribution < 1.29 is 27.2 Å². The Labute approximate surface area is 239 Å². The van der Waals surface area contributed by atoms with Crippen molar-refractivity contribution >= 4 is 38.5 Å². The number of carbonyl (C=O) groups is 3. The van der Waals surface area contributed by atoms with E-state index in [0.717, 1.165) is 5.56 Å². The van der Waals surface area contributed by atoms with Crippen molar-refractivity contribution in [2.24, 2.45) is 11.7 Å². The summed E-state index contributed by atoms with van der Waals surface area (Å²) >= 11 is 0. The molecule has 0 aliphatic carbocycles. The van der Waals surface area contributed by atoms with Gasteiger partial charge in [0.25, 0.3) is 5.89 Å². The largest absolute Gasteiger partial charge is 0.434 e. The van der Waals surface area contributed by atoms with E-state index in [9.17, 15) is 22.8 Å². The Balaban J connectivity index is 1.36. The molecule has 3 aromatic carbocycles. The van der Waals surface area contributed by atoms with E-state index in [2.05, 4.69) is 4.98 Å². The maximum atomic E-state index is 13.5. The molecule has 2 amide bonds. The number of nitrogens with two attached hydrogens (primary N) is 1. The fourth-order valence-electron chi connectivity index (χ4n) is 4.56. The molecule has 0 saturated heterocycles. The molecular weight excluding hydrogens is 542 g/mol. The first-order valence-electron chi connectivity index (χ1n) is 13.5. The van der Waals surface area contributed by atoms with E-state index in [1.807, 2.05) is 42.5 Å². The Morgan fingerprint density at radius 2 is 1.51 bits per heavy atom. The van der Waals surface area contributed by atoms with Gasteiger partial charge in [-0.2, -0.15) is 0 Å². The molecule has 0 bridgehead atoms. The van der Waals surface area contributed by atoms with Crippen LogP contribution in [-0.4, -0.2) is 48.2 Å². The summed E-state index contributed by atoms with van der Waals surface area (Å²) in [6.07, 6.45) is 1.83. The van der Waals surface area contributed by atoms with Gasteiger partial charge in [-0.3, -0.25) is 14.4 Å². The quantitative estimate of drug-likeness (QED) is 0.124. The van der Waals surface area contributed by atoms with E-state index in [1.54, 1.807) is 35.2 Å². The molecule has 1 heterocycles. The molecule has 1 aromatic heterocycles. The summed E-state index contributed by atoms with van der Waals surface area (Å²) in [6.45, 7) is 0.566. The first-order chi connectivity index (χ1) is 19.7. The number of carbonyl (C=O) groups excluding carboxylic acids is 3. The zero-order chi connectivity index (χ0) is 29.2. The van der Waals surface area contributed by atoms with E-state index in [-0.39, 0.29) is 41.7 Å². The van der Waals surface area contributed by atoms with Crippen LogP contribution in [-0.2, 0) is 26.0 Å². The number of para-hydroxylation sites is 2. The second-order valence-corrected chi connectivity index (χ2v) is 12.0. The topological polar surface area (TPSA) is 141 Å². The summed E-state index contributed by atoms with van der Waals surface area (Å²) in [5.41, 5.74) is 7.66. The number of ketones is 1. The predicted molar refractivity (Wildman–Crippen MR) is 154 cm³/mol. The number of amides is 2. The minimum absolute atomic E-state index is 0.0850. The zero-order valence-corrected chi connectivity index (χ0v) is 23.5. The summed E-state index contributed by atoms with van der Waals surface area (Å²) < 4.78 is 31.1. The Kier molecular flexibility index (Phi) is 10.0. The minimum Gasteiger partial charge on any atom is -0.434 e. The van der Waals surface area contributed by atoms with Gasteiger partial charge in [0.15, 0.2) is 15.4 Å². The van der Waals surface area contributed by atoms with Gasteiger partial charge in [0, 0.05) is 19.5 Å². The third-order valence-corrected chi connectivity index (χ3v) is 8.57. The van der Waals surface area contributed by atoms with Gasteiger partial charge in [0.05, 0.1) is 10.6 Å². The number of sulfone groups is 1. The lowest BCUT2D eigenvalue weighted by Crippen LogP contribution is -2.42. The average molecular weight is 576 g/mol. The number of primary amides is 1. The van der Waals surface area contributed by atoms with Crippen molar-refractivity contribution in [3.63, 3.8) is 0 Å². The molecule has 214 valence electrons. The Morgan fingerprint density at radius 3 is 2.20 bits per heavy atom. The molecular formula is C31H33N3O6S. The van der Waals surface area contributed by atoms with Crippen molar-refractivity contribution in [1.29, 1.82) is 0 Å². The van der Waals surface area contributed by atoms with Crippen molar-refractivity contribution in [3.05, 3.63) is 96.4 Å². The monoisotopic (exact) mass is 575 g/mol. The van der Waals surface area contributed by atoms with Crippen LogP contribution in [0.15, 0.2) is 94.2 Å². The number of rotatable bonds is 15. The van der Waals surface area contributed by atoms with Crippen LogP contribution < -0.4 is 5.73 Å². The standard InChI is InChI=1S/C31H33N3O6S/c32-29(36)25(19-21-41(38,39)24-14-6-2-7-15-24)31(37)34(22-23-12-4-1-5-13-23)20-11-3-8-17-27(35)30-33-26-16-9-10-18-28(26)40-30/h1-2,4-7,9-10,12-16,18,25H,3,8,11,17,19-22H2,(H2,32,36)/t25-/m0/s1. The number of Topliss-reactive ketones (excluding diaryl/α,β-unsaturated/α-hetero) is 1. The van der Waals surface area contributed by atoms with Crippen LogP contribution in [0, 0.1) is 5.92 Å². The minimum atomic E-state index is -3.69. The van der Waals surface area contributed by atoms with Crippen molar-refractivity contribution in [3.8, 4) is 0 Å². The molecule has 0 fully saturated rings. The van der Waals surface area contributed by atoms with Gasteiger partial charge in [-0.1, -0.05) is 67.1 Å². The van der Waals surface area contributed by atoms with E-state index in [1.165, 1.54) is 12.1 Å². The van der Waals surface area contributed by atoms with Gasteiger partial charge in [0.1, 0.15) is 11.4 Å². The van der Waals surface area contributed by atoms with Crippen molar-refractivity contribution in [2.75, 3.05) is 12.3 Å². The number of benzene rings is 3. The van der Waals surface area contributed by atoms with Crippen LogP contribution in [0.1, 0.15) is 48.4 Å². The SMILES string of the molecule is NC(=O)[C@H](CCS(=O)(=O)c1ccccc1)C(=O)N(CCCCCC(=O)c1nc2ccccc2o1)Cc1ccccc1. The molecule has 4 rings (SSSR count). The van der Waals surface area contributed by atoms with Gasteiger partial charge in [-0.25, -0.2) is 13.4 Å². The number of fused-ring (bicyclic) bond motifs is 1. The van der Waals surface area contributed by atoms with Crippen molar-refractivity contribution in [2.45, 2.75) is 43.5 Å². The lowest BCUT2D eigenvalue weighted by Gasteiger charge is -2.26. The van der Waals surface area contributed by atoms with E-state index in [4.69, 9.17) is 10.2 Å². The van der Waals surface area contributed by atoms with E-state index in [0.29, 0.717) is 36.9 Å². The highest BCUT2D eigenvalue weighted by Gasteiger charge is 2.31. The predicted octanol–water partition coefficient (Wildman–Crippen LogP) is 4.57. The molecule has 0 spiro atoms. The fourth-order valence-corrected chi connectivity index (χ4v) is 5.91. The number of unbranched alkanes of at least 4 members (excludes halogenated alkanes) is 2. The maximum absolute atomic E-state index is 13.5. The lowest BCUT2D eigenvalue weighted by molar-refractivity contribution is -0.141. The number of oxazole rings is 1. The highest BCUT2D eigenvalue weighted by atomic mass is 32.2. The maximum Gasteiger partial charge on any atom is 0.264 e. The van der Waals surface area contributed by atoms with Crippen LogP contribution in [0.4, 0.5) is 0 Å². The molecule has 9 nitrogen and oxygen atoms in total. The summed E-state index contributed by atoms with van der Waals surface area (Å²) in [5, 5.41) is 0. The zero-order valence-electron chi connectivity index (χ0n) is 22.6. The summed E-state index contributed by atoms with van der Waals surface area (Å²) in [7, 11) is -3.69. The van der Waals surface area contributed by atoms with Gasteiger partial charge >= 0.3 is 0 Å². The highest BCUT2D eigenvalue weighted by molar-refractivity contribution is 7.91. The van der Waals surface area contributed by atoms with Gasteiger partial charge in [-0.15, -0.1) is 0 Å². The van der Waals surface area contributed by atoms with Gasteiger partial charge in [-0.05, 0) is 49.1 Å². The van der Waals surface area contributed by atoms with E-state index < -0.39 is 27.6 Å². The molecule has 2 N–H and O–H groups in total. The lowest BCUT2D eigenvalue weighted by atomic mass is 10.0. The van der Waals surface area contributed by atoms with Gasteiger partial charge < -0.3 is 15.1 Å². The smallest absolute Gasteiger partial charge is 0.264 e. The van der Waals surface area contributed by atoms with Crippen LogP contribution in [0.2, 0.25) is 0 Å². The first-order valence-corrected chi connectivity index (χ1v) is 15.2. The summed E-state index contributed by atoms with van der Waals surface area (Å²) in [4.78, 5) is 44.3. The molecule has 4 aromatic rings. The Hall–Kier alpha value is -4.31. The fraction of sp³-hybridized carbons (Fsp3) is 0.290. The number of aromatic nitrogens is 1. The molecule has 0 aliphatic rings. The van der Waals surface area contributed by atoms with Gasteiger partial charge in [0.2, 0.25) is 17.6 Å². The Morgan fingerprint density at radius 1 is 0.854 bits per heavy atom. The third-order valence-electron chi connectivity index (χ3n) is 6.81. The molecule has 0 radical (unpaired) electrons. The molecule has 0 unspecified atom stereocenters. The first kappa shape index (κ1) is 29.7. The van der Waals surface area contributed by atoms with E-state index >= 15 is 0 Å². The van der Waals surface area contributed by atoms with Crippen LogP contribution >= 0.6 is 0 Å². The number of nitrogens with zero attached hydrogens (tertiary/aromatic N) is 2. The summed E-state index contributed by atoms with van der Waals surface area (Å²) in [6, 6.07) is 24.4. The molecule has 0 saturated carbocycles. The molecule has 0 aliphatic heterocycles. The number of hydrogen-bond acceptors (Lipinski definition) is 7. The highest BCUT2D eigenvalue weighted by Crippen LogP contribution is 2.19. The molecule has 41 heavy (non-hydrogen) atoms. The average Bonchev–Trinajstić information content (AvgIpc) is 3.42. The van der Waals surface area contributed by atoms with Crippen LogP contribution in [0.5, 0.6) is 0 Å². The second-order valence-electron chi connectivity index (χ2n) is 9.84. The molecule has 10 heteroatoms. The van der Waals surface area contributed by atoms with Crippen molar-refractivity contribution in [1.82, 2.24) is 9.88 Å². The Bertz CT molecular complexity index is 1550. The third kappa shape index (κ3) is 8.11. The second kappa shape index (κ2) is 13.8. The van der Waals surface area contributed by atoms with Crippen LogP contribution in [0.25, 0.3) is 11.1 Å².